The van der Waals surface area contributed by atoms with Crippen LogP contribution in [0.5, 0.6) is 0 Å². The van der Waals surface area contributed by atoms with Crippen LogP contribution < -0.4 is 21.3 Å². The third-order valence-electron chi connectivity index (χ3n) is 16.0. The number of para-hydroxylation sites is 6. The quantitative estimate of drug-likeness (QED) is 0.161. The predicted molar refractivity (Wildman–Crippen MR) is 309 cm³/mol. The Balaban J connectivity index is 1.06. The Morgan fingerprint density at radius 1 is 0.320 bits per heavy atom. The molecule has 3 aromatic heterocycles. The first-order valence-corrected chi connectivity index (χ1v) is 25.4. The zero-order valence-electron chi connectivity index (χ0n) is 40.3. The van der Waals surface area contributed by atoms with Gasteiger partial charge >= 0.3 is 0 Å². The van der Waals surface area contributed by atoms with Crippen LogP contribution in [-0.4, -0.2) is 20.4 Å². The molecule has 0 bridgehead atoms. The van der Waals surface area contributed by atoms with Gasteiger partial charge in [-0.2, -0.15) is 10.5 Å². The van der Waals surface area contributed by atoms with Gasteiger partial charge in [0.1, 0.15) is 23.3 Å². The first-order valence-electron chi connectivity index (χ1n) is 25.4. The number of nitrogens with zero attached hydrogens (tertiary/aromatic N) is 6. The Bertz CT molecular complexity index is 4800. The van der Waals surface area contributed by atoms with E-state index in [2.05, 4.69) is 261 Å². The summed E-state index contributed by atoms with van der Waals surface area (Å²) in [6.45, 7) is -0.258. The van der Waals surface area contributed by atoms with E-state index < -0.39 is 0 Å². The number of fused-ring (bicyclic) bond motifs is 13. The van der Waals surface area contributed by atoms with E-state index in [1.165, 1.54) is 0 Å². The van der Waals surface area contributed by atoms with Gasteiger partial charge in [-0.15, -0.1) is 0 Å². The first-order chi connectivity index (χ1) is 37.2. The fraction of sp³-hybridized carbons (Fsp3) is 0. The zero-order chi connectivity index (χ0) is 49.5. The molecule has 0 N–H and O–H groups in total. The number of benzene rings is 11. The van der Waals surface area contributed by atoms with Gasteiger partial charge in [0.2, 0.25) is 0 Å². The van der Waals surface area contributed by atoms with E-state index in [4.69, 9.17) is 0 Å². The highest BCUT2D eigenvalue weighted by atomic mass is 15.2. The molecule has 11 aromatic carbocycles. The maximum Gasteiger partial charge on any atom is 0.252 e. The molecule has 75 heavy (non-hydrogen) atoms. The van der Waals surface area contributed by atoms with E-state index in [1.54, 1.807) is 0 Å². The monoisotopic (exact) mass is 950 g/mol. The summed E-state index contributed by atoms with van der Waals surface area (Å²) in [5, 5.41) is 30.7. The molecule has 0 atom stereocenters. The van der Waals surface area contributed by atoms with Crippen molar-refractivity contribution in [3.63, 3.8) is 0 Å². The van der Waals surface area contributed by atoms with Gasteiger partial charge in [-0.05, 0) is 105 Å². The largest absolute Gasteiger partial charge is 0.310 e. The summed E-state index contributed by atoms with van der Waals surface area (Å²) < 4.78 is 6.98. The highest BCUT2D eigenvalue weighted by Gasteiger charge is 2.46. The number of anilines is 3. The lowest BCUT2D eigenvalue weighted by molar-refractivity contribution is 1.10. The van der Waals surface area contributed by atoms with E-state index in [1.807, 2.05) is 6.07 Å². The van der Waals surface area contributed by atoms with Crippen molar-refractivity contribution in [3.8, 4) is 51.5 Å². The molecule has 0 fully saturated rings. The molecule has 7 heteroatoms. The summed E-state index contributed by atoms with van der Waals surface area (Å²) >= 11 is 0. The Hall–Kier alpha value is -10.3. The van der Waals surface area contributed by atoms with Crippen LogP contribution in [0.2, 0.25) is 0 Å². The Morgan fingerprint density at radius 3 is 1.43 bits per heavy atom. The average molecular weight is 951 g/mol. The van der Waals surface area contributed by atoms with Gasteiger partial charge in [0, 0.05) is 54.9 Å². The van der Waals surface area contributed by atoms with E-state index in [9.17, 15) is 10.5 Å². The van der Waals surface area contributed by atoms with Gasteiger partial charge in [0.15, 0.2) is 0 Å². The first kappa shape index (κ1) is 41.3. The maximum absolute atomic E-state index is 12.1. The molecule has 0 spiro atoms. The molecule has 0 saturated carbocycles. The van der Waals surface area contributed by atoms with E-state index in [-0.39, 0.29) is 6.71 Å². The van der Waals surface area contributed by atoms with Crippen molar-refractivity contribution in [1.29, 1.82) is 10.5 Å². The SMILES string of the molecule is N#Cc1c2c3c(c(C#N)c1-n1c4ccccc4c4cc5c(cc41)c1ccccc1n5-c1cc(-c4ccccc4)cc(-c4ccccc4)c1)-n1c4ccccc4c4cccc(c41)B3c1ccccc1N2c1ccccc1. The van der Waals surface area contributed by atoms with Crippen molar-refractivity contribution in [2.24, 2.45) is 0 Å². The number of rotatable bonds is 5. The molecule has 0 unspecified atom stereocenters. The lowest BCUT2D eigenvalue weighted by Crippen LogP contribution is -2.61. The van der Waals surface area contributed by atoms with Crippen LogP contribution in [-0.2, 0) is 0 Å². The molecule has 5 heterocycles. The number of aromatic nitrogens is 3. The number of hydrogen-bond donors (Lipinski definition) is 0. The van der Waals surface area contributed by atoms with Crippen LogP contribution in [0.15, 0.2) is 237 Å². The van der Waals surface area contributed by atoms with Crippen molar-refractivity contribution < 1.29 is 0 Å². The van der Waals surface area contributed by atoms with Crippen molar-refractivity contribution in [2.75, 3.05) is 4.90 Å². The number of hydrogen-bond acceptors (Lipinski definition) is 3. The second-order valence-corrected chi connectivity index (χ2v) is 19.8. The van der Waals surface area contributed by atoms with Crippen LogP contribution >= 0.6 is 0 Å². The molecule has 0 aliphatic carbocycles. The van der Waals surface area contributed by atoms with Crippen molar-refractivity contribution >= 4 is 106 Å². The summed E-state index contributed by atoms with van der Waals surface area (Å²) in [5.74, 6) is 0. The predicted octanol–water partition coefficient (Wildman–Crippen LogP) is 14.7. The highest BCUT2D eigenvalue weighted by Crippen LogP contribution is 2.49. The topological polar surface area (TPSA) is 65.6 Å². The van der Waals surface area contributed by atoms with Gasteiger partial charge in [-0.25, -0.2) is 0 Å². The van der Waals surface area contributed by atoms with Gasteiger partial charge in [-0.3, -0.25) is 0 Å². The summed E-state index contributed by atoms with van der Waals surface area (Å²) in [6, 6.07) is 89.7. The third-order valence-corrected chi connectivity index (χ3v) is 16.0. The van der Waals surface area contributed by atoms with Crippen LogP contribution in [0, 0.1) is 22.7 Å². The number of nitriles is 2. The molecule has 344 valence electrons. The third kappa shape index (κ3) is 5.61. The molecular weight excluding hydrogens is 912 g/mol. The Labute approximate surface area is 431 Å². The van der Waals surface area contributed by atoms with Gasteiger partial charge < -0.3 is 18.6 Å². The van der Waals surface area contributed by atoms with Gasteiger partial charge in [-0.1, -0.05) is 170 Å². The fourth-order valence-corrected chi connectivity index (χ4v) is 13.1. The summed E-state index contributed by atoms with van der Waals surface area (Å²) in [6.07, 6.45) is 0. The maximum atomic E-state index is 12.1. The van der Waals surface area contributed by atoms with Crippen molar-refractivity contribution in [3.05, 3.63) is 248 Å². The molecule has 0 amide bonds. The molecule has 2 aliphatic rings. The normalized spacial score (nSPS) is 12.5. The standard InChI is InChI=1S/C68H39BN6/c70-40-54-65(55(41-71)68-64-67(54)73(46-23-8-3-9-24-46)61-34-17-13-29-56(61)69(64)57-30-18-28-51-48-25-10-16-33-60(48)75(68)66(51)57)74-59-32-15-12-27-50(59)53-38-62-52(39-63(53)74)49-26-11-14-31-58(49)72(62)47-36-44(42-19-4-1-5-20-42)35-45(37-47)43-21-6-2-7-22-43/h1-39H. The Morgan fingerprint density at radius 2 is 0.800 bits per heavy atom. The molecule has 0 radical (unpaired) electrons. The average Bonchev–Trinajstić information content (AvgIpc) is 4.29. The Kier molecular flexibility index (Phi) is 8.58. The molecular formula is C68H39BN6. The van der Waals surface area contributed by atoms with Crippen LogP contribution in [0.4, 0.5) is 17.1 Å². The lowest BCUT2D eigenvalue weighted by atomic mass is 9.33. The van der Waals surface area contributed by atoms with Gasteiger partial charge in [0.05, 0.1) is 44.6 Å². The van der Waals surface area contributed by atoms with Crippen LogP contribution in [0.25, 0.3) is 105 Å². The second kappa shape index (κ2) is 15.6. The smallest absolute Gasteiger partial charge is 0.252 e. The molecule has 6 nitrogen and oxygen atoms in total. The van der Waals surface area contributed by atoms with Crippen LogP contribution in [0.1, 0.15) is 11.1 Å². The van der Waals surface area contributed by atoms with E-state index in [0.717, 1.165) is 132 Å². The lowest BCUT2D eigenvalue weighted by Gasteiger charge is -2.41. The fourth-order valence-electron chi connectivity index (χ4n) is 13.1. The zero-order valence-corrected chi connectivity index (χ0v) is 40.3. The van der Waals surface area contributed by atoms with E-state index in [0.29, 0.717) is 16.8 Å². The van der Waals surface area contributed by atoms with Crippen molar-refractivity contribution in [1.82, 2.24) is 13.7 Å². The van der Waals surface area contributed by atoms with Gasteiger partial charge in [0.25, 0.3) is 6.71 Å². The van der Waals surface area contributed by atoms with Crippen LogP contribution in [0.3, 0.4) is 0 Å². The van der Waals surface area contributed by atoms with E-state index >= 15 is 0 Å². The molecule has 14 aromatic rings. The minimum atomic E-state index is -0.258. The summed E-state index contributed by atoms with van der Waals surface area (Å²) in [5.41, 5.74) is 19.9. The summed E-state index contributed by atoms with van der Waals surface area (Å²) in [4.78, 5) is 2.28. The van der Waals surface area contributed by atoms with Crippen molar-refractivity contribution in [2.45, 2.75) is 0 Å². The molecule has 0 saturated heterocycles. The highest BCUT2D eigenvalue weighted by molar-refractivity contribution is 7.00. The minimum Gasteiger partial charge on any atom is -0.310 e. The molecule has 16 rings (SSSR count). The summed E-state index contributed by atoms with van der Waals surface area (Å²) in [7, 11) is 0. The molecule has 2 aliphatic heterocycles. The minimum absolute atomic E-state index is 0.258. The second-order valence-electron chi connectivity index (χ2n) is 19.8.